The normalized spacial score (nSPS) is 10.1. The van der Waals surface area contributed by atoms with Gasteiger partial charge < -0.3 is 5.32 Å². The predicted octanol–water partition coefficient (Wildman–Crippen LogP) is 2.96. The molecule has 0 aromatic heterocycles. The second-order valence-corrected chi connectivity index (χ2v) is 4.23. The van der Waals surface area contributed by atoms with Crippen LogP contribution in [-0.4, -0.2) is 11.5 Å². The fraction of sp³-hybridized carbons (Fsp3) is 0.385. The number of nitrogens with one attached hydrogen (secondary N) is 1. The third-order valence-electron chi connectivity index (χ3n) is 2.58. The van der Waals surface area contributed by atoms with Crippen LogP contribution in [-0.2, 0) is 6.54 Å². The Hall–Kier alpha value is -1.68. The molecule has 17 heavy (non-hydrogen) atoms. The molecule has 0 spiro atoms. The van der Waals surface area contributed by atoms with Crippen molar-refractivity contribution >= 4 is 5.69 Å². The average Bonchev–Trinajstić information content (AvgIpc) is 2.25. The Labute approximate surface area is 101 Å². The lowest BCUT2D eigenvalue weighted by molar-refractivity contribution is -0.385. The Morgan fingerprint density at radius 2 is 2.18 bits per heavy atom. The molecule has 0 atom stereocenters. The lowest BCUT2D eigenvalue weighted by Crippen LogP contribution is -2.14. The highest BCUT2D eigenvalue weighted by Gasteiger charge is 2.12. The van der Waals surface area contributed by atoms with Crippen LogP contribution < -0.4 is 5.32 Å². The van der Waals surface area contributed by atoms with Crippen molar-refractivity contribution in [1.29, 1.82) is 0 Å². The predicted molar refractivity (Wildman–Crippen MR) is 69.0 cm³/mol. The van der Waals surface area contributed by atoms with E-state index in [0.29, 0.717) is 6.54 Å². The van der Waals surface area contributed by atoms with Crippen LogP contribution in [0.15, 0.2) is 29.8 Å². The van der Waals surface area contributed by atoms with Crippen molar-refractivity contribution in [3.8, 4) is 0 Å². The Morgan fingerprint density at radius 1 is 1.47 bits per heavy atom. The van der Waals surface area contributed by atoms with Gasteiger partial charge in [-0.1, -0.05) is 23.8 Å². The van der Waals surface area contributed by atoms with Crippen molar-refractivity contribution in [3.63, 3.8) is 0 Å². The highest BCUT2D eigenvalue weighted by molar-refractivity contribution is 5.44. The molecular weight excluding hydrogens is 216 g/mol. The van der Waals surface area contributed by atoms with Crippen LogP contribution in [0, 0.1) is 17.0 Å². The largest absolute Gasteiger partial charge is 0.309 e. The molecule has 0 aliphatic heterocycles. The van der Waals surface area contributed by atoms with Gasteiger partial charge >= 0.3 is 0 Å². The summed E-state index contributed by atoms with van der Waals surface area (Å²) < 4.78 is 0. The van der Waals surface area contributed by atoms with Crippen LogP contribution >= 0.6 is 0 Å². The molecule has 0 fully saturated rings. The lowest BCUT2D eigenvalue weighted by Gasteiger charge is -2.06. The van der Waals surface area contributed by atoms with E-state index in [1.165, 1.54) is 11.6 Å². The van der Waals surface area contributed by atoms with Crippen molar-refractivity contribution in [2.45, 2.75) is 27.3 Å². The van der Waals surface area contributed by atoms with Gasteiger partial charge in [0.25, 0.3) is 5.69 Å². The van der Waals surface area contributed by atoms with Gasteiger partial charge in [-0.25, -0.2) is 0 Å². The fourth-order valence-corrected chi connectivity index (χ4v) is 1.54. The zero-order valence-corrected chi connectivity index (χ0v) is 10.5. The van der Waals surface area contributed by atoms with Gasteiger partial charge in [0.2, 0.25) is 0 Å². The molecule has 0 heterocycles. The third-order valence-corrected chi connectivity index (χ3v) is 2.58. The van der Waals surface area contributed by atoms with Crippen LogP contribution in [0.3, 0.4) is 0 Å². The van der Waals surface area contributed by atoms with Gasteiger partial charge in [-0.05, 0) is 26.3 Å². The molecule has 0 bridgehead atoms. The molecule has 0 aliphatic rings. The molecule has 0 amide bonds. The van der Waals surface area contributed by atoms with Gasteiger partial charge in [0.15, 0.2) is 0 Å². The molecular formula is C13H18N2O2. The molecule has 4 nitrogen and oxygen atoms in total. The number of rotatable bonds is 5. The van der Waals surface area contributed by atoms with Gasteiger partial charge in [0, 0.05) is 24.7 Å². The van der Waals surface area contributed by atoms with E-state index in [1.807, 2.05) is 19.9 Å². The van der Waals surface area contributed by atoms with E-state index in [1.54, 1.807) is 13.0 Å². The molecule has 0 unspecified atom stereocenters. The zero-order valence-electron chi connectivity index (χ0n) is 10.5. The topological polar surface area (TPSA) is 55.2 Å². The minimum absolute atomic E-state index is 0.187. The number of hydrogen-bond donors (Lipinski definition) is 1. The first-order valence-electron chi connectivity index (χ1n) is 5.59. The van der Waals surface area contributed by atoms with Crippen molar-refractivity contribution in [2.24, 2.45) is 0 Å². The second kappa shape index (κ2) is 6.15. The number of nitro benzene ring substituents is 1. The Balaban J connectivity index is 2.69. The number of nitrogens with zero attached hydrogens (tertiary/aromatic N) is 1. The molecule has 0 saturated heterocycles. The van der Waals surface area contributed by atoms with Gasteiger partial charge in [0.05, 0.1) is 4.92 Å². The quantitative estimate of drug-likeness (QED) is 0.369. The van der Waals surface area contributed by atoms with Crippen LogP contribution in [0.4, 0.5) is 5.69 Å². The molecule has 0 saturated carbocycles. The Morgan fingerprint density at radius 3 is 2.76 bits per heavy atom. The molecule has 1 N–H and O–H groups in total. The standard InChI is InChI=1S/C13H18N2O2/c1-10(2)7-8-14-9-12-5-4-6-13(11(12)3)15(16)17/h4-7,14H,8-9H2,1-3H3. The minimum Gasteiger partial charge on any atom is -0.309 e. The monoisotopic (exact) mass is 234 g/mol. The number of hydrogen-bond acceptors (Lipinski definition) is 3. The van der Waals surface area contributed by atoms with Crippen molar-refractivity contribution < 1.29 is 4.92 Å². The summed E-state index contributed by atoms with van der Waals surface area (Å²) in [5, 5.41) is 14.0. The van der Waals surface area contributed by atoms with Crippen LogP contribution in [0.5, 0.6) is 0 Å². The summed E-state index contributed by atoms with van der Waals surface area (Å²) in [5.41, 5.74) is 3.16. The van der Waals surface area contributed by atoms with E-state index in [0.717, 1.165) is 17.7 Å². The lowest BCUT2D eigenvalue weighted by atomic mass is 10.1. The maximum absolute atomic E-state index is 10.8. The van der Waals surface area contributed by atoms with E-state index in [4.69, 9.17) is 0 Å². The number of nitro groups is 1. The summed E-state index contributed by atoms with van der Waals surface area (Å²) in [7, 11) is 0. The van der Waals surface area contributed by atoms with E-state index in [2.05, 4.69) is 11.4 Å². The van der Waals surface area contributed by atoms with Crippen molar-refractivity contribution in [1.82, 2.24) is 5.32 Å². The Kier molecular flexibility index (Phi) is 4.84. The van der Waals surface area contributed by atoms with Gasteiger partial charge in [-0.3, -0.25) is 10.1 Å². The Bertz CT molecular complexity index is 435. The van der Waals surface area contributed by atoms with E-state index in [9.17, 15) is 10.1 Å². The maximum Gasteiger partial charge on any atom is 0.272 e. The van der Waals surface area contributed by atoms with Gasteiger partial charge in [-0.2, -0.15) is 0 Å². The summed E-state index contributed by atoms with van der Waals surface area (Å²) in [6.45, 7) is 7.30. The minimum atomic E-state index is -0.338. The molecule has 0 radical (unpaired) electrons. The molecule has 1 aromatic carbocycles. The summed E-state index contributed by atoms with van der Waals surface area (Å²) in [4.78, 5) is 10.4. The molecule has 92 valence electrons. The van der Waals surface area contributed by atoms with E-state index >= 15 is 0 Å². The average molecular weight is 234 g/mol. The first-order chi connectivity index (χ1) is 8.02. The highest BCUT2D eigenvalue weighted by Crippen LogP contribution is 2.20. The fourth-order valence-electron chi connectivity index (χ4n) is 1.54. The summed E-state index contributed by atoms with van der Waals surface area (Å²) in [6.07, 6.45) is 2.09. The van der Waals surface area contributed by atoms with Crippen LogP contribution in [0.25, 0.3) is 0 Å². The maximum atomic E-state index is 10.8. The van der Waals surface area contributed by atoms with E-state index in [-0.39, 0.29) is 10.6 Å². The first kappa shape index (κ1) is 13.4. The smallest absolute Gasteiger partial charge is 0.272 e. The molecule has 1 aromatic rings. The third kappa shape index (κ3) is 4.00. The SMILES string of the molecule is CC(C)=CCNCc1cccc([N+](=O)[O-])c1C. The highest BCUT2D eigenvalue weighted by atomic mass is 16.6. The zero-order chi connectivity index (χ0) is 12.8. The van der Waals surface area contributed by atoms with Crippen molar-refractivity contribution in [3.05, 3.63) is 51.1 Å². The van der Waals surface area contributed by atoms with Crippen LogP contribution in [0.1, 0.15) is 25.0 Å². The van der Waals surface area contributed by atoms with Gasteiger partial charge in [0.1, 0.15) is 0 Å². The first-order valence-corrected chi connectivity index (χ1v) is 5.59. The van der Waals surface area contributed by atoms with Gasteiger partial charge in [-0.15, -0.1) is 0 Å². The molecule has 1 rings (SSSR count). The summed E-state index contributed by atoms with van der Waals surface area (Å²) in [5.74, 6) is 0. The number of allylic oxidation sites excluding steroid dienone is 1. The molecule has 4 heteroatoms. The second-order valence-electron chi connectivity index (χ2n) is 4.23. The van der Waals surface area contributed by atoms with Crippen molar-refractivity contribution in [2.75, 3.05) is 6.54 Å². The summed E-state index contributed by atoms with van der Waals surface area (Å²) in [6, 6.07) is 5.18. The molecule has 0 aliphatic carbocycles. The number of benzene rings is 1. The van der Waals surface area contributed by atoms with Crippen LogP contribution in [0.2, 0.25) is 0 Å². The summed E-state index contributed by atoms with van der Waals surface area (Å²) >= 11 is 0. The van der Waals surface area contributed by atoms with E-state index < -0.39 is 0 Å².